The van der Waals surface area contributed by atoms with Crippen LogP contribution in [0.1, 0.15) is 5.56 Å². The van der Waals surface area contributed by atoms with Crippen LogP contribution in [-0.4, -0.2) is 19.3 Å². The third-order valence-electron chi connectivity index (χ3n) is 3.92. The highest BCUT2D eigenvalue weighted by Crippen LogP contribution is 2.29. The van der Waals surface area contributed by atoms with Crippen LogP contribution in [-0.2, 0) is 7.05 Å². The van der Waals surface area contributed by atoms with Crippen molar-refractivity contribution in [2.24, 2.45) is 7.05 Å². The predicted molar refractivity (Wildman–Crippen MR) is 87.7 cm³/mol. The van der Waals surface area contributed by atoms with E-state index in [-0.39, 0.29) is 0 Å². The molecule has 0 saturated carbocycles. The molecule has 0 bridgehead atoms. The van der Waals surface area contributed by atoms with Gasteiger partial charge in [-0.2, -0.15) is 5.10 Å². The Kier molecular flexibility index (Phi) is 2.80. The summed E-state index contributed by atoms with van der Waals surface area (Å²) >= 11 is 5.43. The lowest BCUT2D eigenvalue weighted by atomic mass is 10.2. The summed E-state index contributed by atoms with van der Waals surface area (Å²) in [6.45, 7) is 2.06. The Bertz CT molecular complexity index is 1030. The normalized spacial score (nSPS) is 11.4. The summed E-state index contributed by atoms with van der Waals surface area (Å²) in [4.78, 5) is 0. The molecule has 1 aromatic carbocycles. The van der Waals surface area contributed by atoms with E-state index in [4.69, 9.17) is 16.6 Å². The number of H-pyrrole nitrogens is 1. The van der Waals surface area contributed by atoms with Crippen molar-refractivity contribution in [2.45, 2.75) is 6.92 Å². The average Bonchev–Trinajstić information content (AvgIpc) is 3.17. The van der Waals surface area contributed by atoms with Crippen molar-refractivity contribution in [1.29, 1.82) is 0 Å². The van der Waals surface area contributed by atoms with Crippen molar-refractivity contribution in [2.75, 3.05) is 0 Å². The van der Waals surface area contributed by atoms with E-state index in [2.05, 4.69) is 27.8 Å². The first-order valence-electron chi connectivity index (χ1n) is 6.93. The van der Waals surface area contributed by atoms with Crippen molar-refractivity contribution in [3.63, 3.8) is 0 Å². The van der Waals surface area contributed by atoms with Gasteiger partial charge >= 0.3 is 0 Å². The van der Waals surface area contributed by atoms with Gasteiger partial charge in [-0.15, -0.1) is 0 Å². The summed E-state index contributed by atoms with van der Waals surface area (Å²) in [5.41, 5.74) is 4.97. The minimum Gasteiger partial charge on any atom is -0.463 e. The van der Waals surface area contributed by atoms with Crippen LogP contribution < -0.4 is 0 Å². The molecule has 0 saturated heterocycles. The zero-order chi connectivity index (χ0) is 15.3. The SMILES string of the molecule is Cc1ccccc1-n1c(-c2cc3occc3n2C)n[nH]c1=S. The molecule has 0 spiro atoms. The summed E-state index contributed by atoms with van der Waals surface area (Å²) in [6.07, 6.45) is 1.69. The molecule has 4 rings (SSSR count). The number of hydrogen-bond acceptors (Lipinski definition) is 3. The van der Waals surface area contributed by atoms with Gasteiger partial charge in [-0.05, 0) is 30.8 Å². The zero-order valence-electron chi connectivity index (χ0n) is 12.2. The summed E-state index contributed by atoms with van der Waals surface area (Å²) in [6, 6.07) is 12.0. The minimum absolute atomic E-state index is 0.571. The lowest BCUT2D eigenvalue weighted by molar-refractivity contribution is 0.616. The number of benzene rings is 1. The second kappa shape index (κ2) is 4.71. The fraction of sp³-hybridized carbons (Fsp3) is 0.125. The van der Waals surface area contributed by atoms with Crippen molar-refractivity contribution in [3.8, 4) is 17.2 Å². The van der Waals surface area contributed by atoms with Gasteiger partial charge in [0.05, 0.1) is 23.2 Å². The van der Waals surface area contributed by atoms with Gasteiger partial charge in [-0.25, -0.2) is 0 Å². The summed E-state index contributed by atoms with van der Waals surface area (Å²) in [5, 5.41) is 7.32. The number of nitrogens with zero attached hydrogens (tertiary/aromatic N) is 3. The van der Waals surface area contributed by atoms with Crippen LogP contribution >= 0.6 is 12.2 Å². The van der Waals surface area contributed by atoms with E-state index < -0.39 is 0 Å². The van der Waals surface area contributed by atoms with Crippen LogP contribution in [0.15, 0.2) is 47.1 Å². The summed E-state index contributed by atoms with van der Waals surface area (Å²) < 4.78 is 10.1. The Balaban J connectivity index is 2.02. The Morgan fingerprint density at radius 1 is 1.23 bits per heavy atom. The fourth-order valence-corrected chi connectivity index (χ4v) is 3.00. The molecule has 0 aliphatic heterocycles. The first kappa shape index (κ1) is 13.1. The number of aromatic amines is 1. The van der Waals surface area contributed by atoms with Gasteiger partial charge in [-0.1, -0.05) is 18.2 Å². The topological polar surface area (TPSA) is 51.7 Å². The van der Waals surface area contributed by atoms with Crippen LogP contribution in [0, 0.1) is 11.7 Å². The summed E-state index contributed by atoms with van der Waals surface area (Å²) in [7, 11) is 1.99. The van der Waals surface area contributed by atoms with Crippen LogP contribution in [0.4, 0.5) is 0 Å². The standard InChI is InChI=1S/C16H14N4OS/c1-10-5-3-4-6-11(10)20-15(17-18-16(20)22)13-9-14-12(19(13)2)7-8-21-14/h3-9H,1-2H3,(H,18,22). The Morgan fingerprint density at radius 2 is 2.05 bits per heavy atom. The molecule has 0 fully saturated rings. The maximum absolute atomic E-state index is 5.48. The van der Waals surface area contributed by atoms with Gasteiger partial charge < -0.3 is 8.98 Å². The lowest BCUT2D eigenvalue weighted by Gasteiger charge is -2.10. The minimum atomic E-state index is 0.571. The van der Waals surface area contributed by atoms with E-state index in [0.717, 1.165) is 33.9 Å². The predicted octanol–water partition coefficient (Wildman–Crippen LogP) is 3.99. The molecule has 3 heterocycles. The molecule has 6 heteroatoms. The van der Waals surface area contributed by atoms with Crippen LogP contribution in [0.25, 0.3) is 28.3 Å². The van der Waals surface area contributed by atoms with Gasteiger partial charge in [0.15, 0.2) is 16.2 Å². The van der Waals surface area contributed by atoms with E-state index in [9.17, 15) is 0 Å². The van der Waals surface area contributed by atoms with Crippen molar-refractivity contribution in [1.82, 2.24) is 19.3 Å². The van der Waals surface area contributed by atoms with Gasteiger partial charge in [0, 0.05) is 19.2 Å². The number of hydrogen-bond donors (Lipinski definition) is 1. The van der Waals surface area contributed by atoms with Crippen molar-refractivity contribution >= 4 is 23.3 Å². The largest absolute Gasteiger partial charge is 0.463 e. The van der Waals surface area contributed by atoms with Crippen LogP contribution in [0.5, 0.6) is 0 Å². The first-order chi connectivity index (χ1) is 10.7. The molecule has 0 amide bonds. The highest BCUT2D eigenvalue weighted by atomic mass is 32.1. The van der Waals surface area contributed by atoms with E-state index in [0.29, 0.717) is 4.77 Å². The van der Waals surface area contributed by atoms with Crippen molar-refractivity contribution in [3.05, 3.63) is 53.0 Å². The molecular formula is C16H14N4OS. The quantitative estimate of drug-likeness (QED) is 0.570. The Morgan fingerprint density at radius 3 is 2.82 bits per heavy atom. The highest BCUT2D eigenvalue weighted by molar-refractivity contribution is 7.71. The monoisotopic (exact) mass is 310 g/mol. The molecule has 5 nitrogen and oxygen atoms in total. The molecule has 0 radical (unpaired) electrons. The molecule has 4 aromatic rings. The first-order valence-corrected chi connectivity index (χ1v) is 7.34. The van der Waals surface area contributed by atoms with Crippen LogP contribution in [0.2, 0.25) is 0 Å². The Hall–Kier alpha value is -2.60. The molecule has 0 aliphatic rings. The zero-order valence-corrected chi connectivity index (χ0v) is 13.0. The molecule has 3 aromatic heterocycles. The molecule has 110 valence electrons. The van der Waals surface area contributed by atoms with Gasteiger partial charge in [-0.3, -0.25) is 9.67 Å². The fourth-order valence-electron chi connectivity index (χ4n) is 2.77. The average molecular weight is 310 g/mol. The molecule has 22 heavy (non-hydrogen) atoms. The van der Waals surface area contributed by atoms with Crippen LogP contribution in [0.3, 0.4) is 0 Å². The highest BCUT2D eigenvalue weighted by Gasteiger charge is 2.17. The second-order valence-electron chi connectivity index (χ2n) is 5.23. The number of nitrogens with one attached hydrogen (secondary N) is 1. The number of furan rings is 1. The van der Waals surface area contributed by atoms with E-state index in [1.54, 1.807) is 6.26 Å². The van der Waals surface area contributed by atoms with E-state index in [1.165, 1.54) is 0 Å². The van der Waals surface area contributed by atoms with E-state index in [1.807, 2.05) is 41.9 Å². The number of aromatic nitrogens is 4. The van der Waals surface area contributed by atoms with Gasteiger partial charge in [0.1, 0.15) is 0 Å². The third kappa shape index (κ3) is 1.77. The van der Waals surface area contributed by atoms with E-state index >= 15 is 0 Å². The second-order valence-corrected chi connectivity index (χ2v) is 5.62. The molecule has 0 unspecified atom stereocenters. The molecular weight excluding hydrogens is 296 g/mol. The number of aryl methyl sites for hydroxylation is 2. The van der Waals surface area contributed by atoms with Crippen molar-refractivity contribution < 1.29 is 4.42 Å². The Labute approximate surface area is 131 Å². The maximum Gasteiger partial charge on any atom is 0.200 e. The lowest BCUT2D eigenvalue weighted by Crippen LogP contribution is -2.02. The molecule has 0 atom stereocenters. The van der Waals surface area contributed by atoms with Gasteiger partial charge in [0.2, 0.25) is 0 Å². The number of fused-ring (bicyclic) bond motifs is 1. The number of rotatable bonds is 2. The maximum atomic E-state index is 5.48. The molecule has 0 aliphatic carbocycles. The van der Waals surface area contributed by atoms with Gasteiger partial charge in [0.25, 0.3) is 0 Å². The summed E-state index contributed by atoms with van der Waals surface area (Å²) in [5.74, 6) is 0.771. The third-order valence-corrected chi connectivity index (χ3v) is 4.20. The smallest absolute Gasteiger partial charge is 0.200 e. The molecule has 1 N–H and O–H groups in total. The number of para-hydroxylation sites is 1.